The van der Waals surface area contributed by atoms with Crippen molar-refractivity contribution in [2.24, 2.45) is 5.92 Å². The van der Waals surface area contributed by atoms with E-state index in [0.717, 1.165) is 0 Å². The summed E-state index contributed by atoms with van der Waals surface area (Å²) in [6.45, 7) is 5.01. The molecule has 0 aromatic heterocycles. The zero-order valence-corrected chi connectivity index (χ0v) is 12.7. The Bertz CT molecular complexity index is 494. The average molecular weight is 297 g/mol. The van der Waals surface area contributed by atoms with E-state index in [0.29, 0.717) is 11.4 Å². The number of esters is 3. The summed E-state index contributed by atoms with van der Waals surface area (Å²) in [6.07, 6.45) is 0. The van der Waals surface area contributed by atoms with E-state index in [1.54, 1.807) is 20.8 Å². The van der Waals surface area contributed by atoms with Crippen LogP contribution < -0.4 is 5.32 Å². The molecule has 0 unspecified atom stereocenters. The van der Waals surface area contributed by atoms with Gasteiger partial charge in [-0.3, -0.25) is 4.79 Å². The number of ether oxygens (including phenoxy) is 3. The summed E-state index contributed by atoms with van der Waals surface area (Å²) in [5, 5.41) is 2.89. The van der Waals surface area contributed by atoms with Gasteiger partial charge in [-0.05, 0) is 20.8 Å². The Balaban J connectivity index is 3.42. The second-order valence-electron chi connectivity index (χ2n) is 4.37. The number of methoxy groups -OCH3 is 2. The van der Waals surface area contributed by atoms with Crippen LogP contribution in [0.5, 0.6) is 0 Å². The summed E-state index contributed by atoms with van der Waals surface area (Å²) in [4.78, 5) is 36.1. The highest BCUT2D eigenvalue weighted by atomic mass is 16.5. The second kappa shape index (κ2) is 6.92. The third-order valence-corrected chi connectivity index (χ3v) is 3.09. The van der Waals surface area contributed by atoms with Crippen LogP contribution in [0.2, 0.25) is 0 Å². The maximum absolute atomic E-state index is 12.2. The first-order valence-corrected chi connectivity index (χ1v) is 6.40. The molecule has 1 heterocycles. The summed E-state index contributed by atoms with van der Waals surface area (Å²) in [5.74, 6) is -3.26. The van der Waals surface area contributed by atoms with Crippen molar-refractivity contribution in [3.8, 4) is 0 Å². The Labute approximate surface area is 122 Å². The number of nitrogens with one attached hydrogen (secondary N) is 1. The zero-order valence-electron chi connectivity index (χ0n) is 12.7. The molecule has 0 bridgehead atoms. The lowest BCUT2D eigenvalue weighted by atomic mass is 9.85. The summed E-state index contributed by atoms with van der Waals surface area (Å²) in [5.41, 5.74) is 0.957. The lowest BCUT2D eigenvalue weighted by Crippen LogP contribution is -2.37. The molecular formula is C14H19NO6. The van der Waals surface area contributed by atoms with Gasteiger partial charge in [0.25, 0.3) is 0 Å². The highest BCUT2D eigenvalue weighted by molar-refractivity contribution is 6.05. The average Bonchev–Trinajstić information content (AvgIpc) is 2.45. The van der Waals surface area contributed by atoms with E-state index in [9.17, 15) is 14.4 Å². The monoisotopic (exact) mass is 297 g/mol. The molecule has 0 spiro atoms. The van der Waals surface area contributed by atoms with Crippen molar-refractivity contribution in [3.05, 3.63) is 22.5 Å². The molecule has 0 atom stereocenters. The first kappa shape index (κ1) is 16.7. The van der Waals surface area contributed by atoms with Crippen molar-refractivity contribution >= 4 is 17.9 Å². The van der Waals surface area contributed by atoms with Crippen molar-refractivity contribution in [3.63, 3.8) is 0 Å². The standard InChI is InChI=1S/C14H19NO6/c1-6-21-14(18)11-9(12(16)19-4)7(2)15-8(3)10(11)13(17)20-5/h11,15H,6H2,1-5H3. The number of carbonyl (C=O) groups excluding carboxylic acids is 3. The Hall–Kier alpha value is -2.31. The maximum atomic E-state index is 12.2. The molecule has 0 aliphatic carbocycles. The highest BCUT2D eigenvalue weighted by Gasteiger charge is 2.42. The molecule has 0 amide bonds. The van der Waals surface area contributed by atoms with Gasteiger partial charge in [-0.2, -0.15) is 0 Å². The van der Waals surface area contributed by atoms with Gasteiger partial charge in [0, 0.05) is 11.4 Å². The van der Waals surface area contributed by atoms with E-state index in [1.807, 2.05) is 0 Å². The van der Waals surface area contributed by atoms with E-state index in [-0.39, 0.29) is 17.8 Å². The molecule has 116 valence electrons. The number of rotatable bonds is 4. The molecular weight excluding hydrogens is 278 g/mol. The van der Waals surface area contributed by atoms with E-state index < -0.39 is 23.8 Å². The van der Waals surface area contributed by atoms with Crippen LogP contribution in [-0.4, -0.2) is 38.7 Å². The Morgan fingerprint density at radius 3 is 1.76 bits per heavy atom. The molecule has 0 aromatic rings. The molecule has 0 saturated carbocycles. The first-order chi connectivity index (χ1) is 9.88. The molecule has 1 rings (SSSR count). The van der Waals surface area contributed by atoms with Crippen LogP contribution >= 0.6 is 0 Å². The molecule has 0 saturated heterocycles. The summed E-state index contributed by atoms with van der Waals surface area (Å²) in [7, 11) is 2.40. The number of dihydropyridines is 1. The van der Waals surface area contributed by atoms with Crippen LogP contribution in [0.25, 0.3) is 0 Å². The molecule has 0 aromatic carbocycles. The van der Waals surface area contributed by atoms with E-state index in [4.69, 9.17) is 14.2 Å². The molecule has 7 heteroatoms. The van der Waals surface area contributed by atoms with Crippen LogP contribution in [-0.2, 0) is 28.6 Å². The molecule has 1 aliphatic rings. The second-order valence-corrected chi connectivity index (χ2v) is 4.37. The Morgan fingerprint density at radius 2 is 1.43 bits per heavy atom. The molecule has 7 nitrogen and oxygen atoms in total. The minimum absolute atomic E-state index is 0.0435. The Kier molecular flexibility index (Phi) is 5.52. The van der Waals surface area contributed by atoms with Gasteiger partial charge in [-0.25, -0.2) is 9.59 Å². The molecule has 0 radical (unpaired) electrons. The van der Waals surface area contributed by atoms with Crippen LogP contribution in [0, 0.1) is 5.92 Å². The van der Waals surface area contributed by atoms with Gasteiger partial charge in [0.2, 0.25) is 0 Å². The van der Waals surface area contributed by atoms with Gasteiger partial charge >= 0.3 is 17.9 Å². The zero-order chi connectivity index (χ0) is 16.2. The van der Waals surface area contributed by atoms with Gasteiger partial charge < -0.3 is 19.5 Å². The lowest BCUT2D eigenvalue weighted by Gasteiger charge is -2.28. The van der Waals surface area contributed by atoms with E-state index in [2.05, 4.69) is 5.32 Å². The van der Waals surface area contributed by atoms with Crippen molar-refractivity contribution in [1.82, 2.24) is 5.32 Å². The van der Waals surface area contributed by atoms with Crippen LogP contribution in [0.4, 0.5) is 0 Å². The van der Waals surface area contributed by atoms with Crippen molar-refractivity contribution < 1.29 is 28.6 Å². The predicted octanol–water partition coefficient (Wildman–Crippen LogP) is 0.663. The minimum Gasteiger partial charge on any atom is -0.466 e. The van der Waals surface area contributed by atoms with Crippen LogP contribution in [0.15, 0.2) is 22.5 Å². The quantitative estimate of drug-likeness (QED) is 0.602. The normalized spacial score (nSPS) is 15.5. The van der Waals surface area contributed by atoms with Crippen LogP contribution in [0.3, 0.4) is 0 Å². The number of hydrogen-bond donors (Lipinski definition) is 1. The minimum atomic E-state index is -1.16. The van der Waals surface area contributed by atoms with Crippen molar-refractivity contribution in [1.29, 1.82) is 0 Å². The smallest absolute Gasteiger partial charge is 0.336 e. The number of allylic oxidation sites excluding steroid dienone is 2. The summed E-state index contributed by atoms with van der Waals surface area (Å²) < 4.78 is 14.4. The molecule has 1 aliphatic heterocycles. The third-order valence-electron chi connectivity index (χ3n) is 3.09. The lowest BCUT2D eigenvalue weighted by molar-refractivity contribution is -0.150. The van der Waals surface area contributed by atoms with Gasteiger partial charge in [-0.15, -0.1) is 0 Å². The third kappa shape index (κ3) is 3.24. The van der Waals surface area contributed by atoms with Gasteiger partial charge in [-0.1, -0.05) is 0 Å². The summed E-state index contributed by atoms with van der Waals surface area (Å²) in [6, 6.07) is 0. The van der Waals surface area contributed by atoms with Gasteiger partial charge in [0.05, 0.1) is 32.0 Å². The number of hydrogen-bond acceptors (Lipinski definition) is 7. The van der Waals surface area contributed by atoms with Gasteiger partial charge in [0.15, 0.2) is 0 Å². The molecule has 21 heavy (non-hydrogen) atoms. The fraction of sp³-hybridized carbons (Fsp3) is 0.500. The van der Waals surface area contributed by atoms with Crippen molar-refractivity contribution in [2.45, 2.75) is 20.8 Å². The van der Waals surface area contributed by atoms with Crippen LogP contribution in [0.1, 0.15) is 20.8 Å². The van der Waals surface area contributed by atoms with E-state index >= 15 is 0 Å². The fourth-order valence-electron chi connectivity index (χ4n) is 2.22. The molecule has 0 fully saturated rings. The number of carbonyl (C=O) groups is 3. The van der Waals surface area contributed by atoms with E-state index in [1.165, 1.54) is 14.2 Å². The SMILES string of the molecule is CCOC(=O)C1C(C(=O)OC)=C(C)NC(C)=C1C(=O)OC. The largest absolute Gasteiger partial charge is 0.466 e. The highest BCUT2D eigenvalue weighted by Crippen LogP contribution is 2.32. The molecule has 1 N–H and O–H groups in total. The Morgan fingerprint density at radius 1 is 1.00 bits per heavy atom. The summed E-state index contributed by atoms with van der Waals surface area (Å²) >= 11 is 0. The van der Waals surface area contributed by atoms with Gasteiger partial charge in [0.1, 0.15) is 5.92 Å². The predicted molar refractivity (Wildman–Crippen MR) is 72.7 cm³/mol. The first-order valence-electron chi connectivity index (χ1n) is 6.40. The van der Waals surface area contributed by atoms with Crippen molar-refractivity contribution in [2.75, 3.05) is 20.8 Å². The topological polar surface area (TPSA) is 90.9 Å². The maximum Gasteiger partial charge on any atom is 0.336 e. The fourth-order valence-corrected chi connectivity index (χ4v) is 2.22.